The Balaban J connectivity index is 1.73. The molecule has 1 N–H and O–H groups in total. The highest BCUT2D eigenvalue weighted by molar-refractivity contribution is 5.31. The van der Waals surface area contributed by atoms with Gasteiger partial charge in [-0.25, -0.2) is 0 Å². The van der Waals surface area contributed by atoms with E-state index in [-0.39, 0.29) is 0 Å². The summed E-state index contributed by atoms with van der Waals surface area (Å²) in [6.07, 6.45) is 9.67. The molecule has 2 fully saturated rings. The summed E-state index contributed by atoms with van der Waals surface area (Å²) in [5, 5.41) is 3.75. The number of nitrogens with one attached hydrogen (secondary N) is 1. The highest BCUT2D eigenvalue weighted by atomic mass is 16.5. The Morgan fingerprint density at radius 3 is 2.75 bits per heavy atom. The molecule has 0 spiro atoms. The van der Waals surface area contributed by atoms with Crippen LogP contribution in [0.5, 0.6) is 5.75 Å². The van der Waals surface area contributed by atoms with E-state index in [4.69, 9.17) is 4.74 Å². The summed E-state index contributed by atoms with van der Waals surface area (Å²) in [7, 11) is 1.76. The first kappa shape index (κ1) is 13.9. The third kappa shape index (κ3) is 3.54. The number of rotatable bonds is 5. The third-order valence-electron chi connectivity index (χ3n) is 4.93. The Hall–Kier alpha value is -1.02. The van der Waals surface area contributed by atoms with E-state index in [1.807, 2.05) is 0 Å². The predicted molar refractivity (Wildman–Crippen MR) is 83.3 cm³/mol. The van der Waals surface area contributed by atoms with Crippen LogP contribution in [0.4, 0.5) is 0 Å². The van der Waals surface area contributed by atoms with E-state index in [0.29, 0.717) is 5.92 Å². The van der Waals surface area contributed by atoms with E-state index in [2.05, 4.69) is 29.6 Å². The Bertz CT molecular complexity index is 427. The van der Waals surface area contributed by atoms with Gasteiger partial charge in [-0.15, -0.1) is 0 Å². The van der Waals surface area contributed by atoms with Crippen molar-refractivity contribution in [2.24, 2.45) is 5.92 Å². The van der Waals surface area contributed by atoms with E-state index in [9.17, 15) is 0 Å². The van der Waals surface area contributed by atoms with Crippen molar-refractivity contribution in [1.82, 2.24) is 5.32 Å². The van der Waals surface area contributed by atoms with Gasteiger partial charge in [0.1, 0.15) is 5.75 Å². The quantitative estimate of drug-likeness (QED) is 0.815. The molecule has 2 heteroatoms. The van der Waals surface area contributed by atoms with Gasteiger partial charge in [0.05, 0.1) is 7.11 Å². The van der Waals surface area contributed by atoms with E-state index in [1.165, 1.54) is 57.1 Å². The first-order chi connectivity index (χ1) is 9.86. The summed E-state index contributed by atoms with van der Waals surface area (Å²) in [5.74, 6) is 2.50. The summed E-state index contributed by atoms with van der Waals surface area (Å²) in [4.78, 5) is 0. The van der Waals surface area contributed by atoms with Crippen LogP contribution in [-0.4, -0.2) is 19.7 Å². The van der Waals surface area contributed by atoms with Gasteiger partial charge in [-0.2, -0.15) is 0 Å². The lowest BCUT2D eigenvalue weighted by molar-refractivity contribution is 0.371. The molecule has 0 aliphatic heterocycles. The fraction of sp³-hybridized carbons (Fsp3) is 0.667. The highest BCUT2D eigenvalue weighted by Gasteiger charge is 2.28. The molecule has 0 saturated heterocycles. The molecule has 2 unspecified atom stereocenters. The molecule has 2 aliphatic rings. The molecule has 0 amide bonds. The molecule has 3 rings (SSSR count). The van der Waals surface area contributed by atoms with Crippen molar-refractivity contribution < 1.29 is 4.74 Å². The zero-order valence-corrected chi connectivity index (χ0v) is 12.6. The van der Waals surface area contributed by atoms with Crippen LogP contribution < -0.4 is 10.1 Å². The van der Waals surface area contributed by atoms with Gasteiger partial charge in [-0.3, -0.25) is 0 Å². The van der Waals surface area contributed by atoms with Crippen LogP contribution in [0, 0.1) is 5.92 Å². The average Bonchev–Trinajstić information content (AvgIpc) is 3.32. The van der Waals surface area contributed by atoms with E-state index >= 15 is 0 Å². The smallest absolute Gasteiger partial charge is 0.119 e. The highest BCUT2D eigenvalue weighted by Crippen LogP contribution is 2.37. The van der Waals surface area contributed by atoms with Crippen LogP contribution in [0.2, 0.25) is 0 Å². The number of hydrogen-bond donors (Lipinski definition) is 1. The molecule has 1 aromatic rings. The molecule has 110 valence electrons. The molecular weight excluding hydrogens is 246 g/mol. The van der Waals surface area contributed by atoms with Gasteiger partial charge >= 0.3 is 0 Å². The molecule has 2 atom stereocenters. The molecule has 2 saturated carbocycles. The normalized spacial score (nSPS) is 27.1. The minimum atomic E-state index is 0.707. The Labute approximate surface area is 122 Å². The van der Waals surface area contributed by atoms with Crippen LogP contribution in [0.1, 0.15) is 56.4 Å². The first-order valence-corrected chi connectivity index (χ1v) is 8.24. The summed E-state index contributed by atoms with van der Waals surface area (Å²) in [6, 6.07) is 9.56. The Morgan fingerprint density at radius 1 is 1.10 bits per heavy atom. The van der Waals surface area contributed by atoms with E-state index in [0.717, 1.165) is 17.7 Å². The summed E-state index contributed by atoms with van der Waals surface area (Å²) in [5.41, 5.74) is 1.48. The molecule has 20 heavy (non-hydrogen) atoms. The maximum atomic E-state index is 5.40. The van der Waals surface area contributed by atoms with Crippen LogP contribution in [0.15, 0.2) is 24.3 Å². The molecule has 2 nitrogen and oxygen atoms in total. The number of benzene rings is 1. The van der Waals surface area contributed by atoms with E-state index in [1.54, 1.807) is 7.11 Å². The van der Waals surface area contributed by atoms with Crippen molar-refractivity contribution in [2.75, 3.05) is 13.7 Å². The second-order valence-corrected chi connectivity index (χ2v) is 6.46. The number of hydrogen-bond acceptors (Lipinski definition) is 2. The van der Waals surface area contributed by atoms with Crippen molar-refractivity contribution in [3.8, 4) is 5.75 Å². The lowest BCUT2D eigenvalue weighted by Crippen LogP contribution is -2.28. The topological polar surface area (TPSA) is 21.3 Å². The third-order valence-corrected chi connectivity index (χ3v) is 4.93. The molecule has 2 aliphatic carbocycles. The van der Waals surface area contributed by atoms with Gasteiger partial charge in [-0.05, 0) is 61.8 Å². The first-order valence-electron chi connectivity index (χ1n) is 8.24. The van der Waals surface area contributed by atoms with Gasteiger partial charge < -0.3 is 10.1 Å². The number of methoxy groups -OCH3 is 1. The van der Waals surface area contributed by atoms with Crippen LogP contribution in [0.3, 0.4) is 0 Å². The standard InChI is InChI=1S/C18H27NO/c1-20-17-8-5-7-14(12-17)18-9-4-2-3-6-15(18)13-19-16-10-11-16/h5,7-8,12,15-16,18-19H,2-4,6,9-11,13H2,1H3. The van der Waals surface area contributed by atoms with Crippen molar-refractivity contribution in [3.05, 3.63) is 29.8 Å². The van der Waals surface area contributed by atoms with Gasteiger partial charge in [0.2, 0.25) is 0 Å². The van der Waals surface area contributed by atoms with Gasteiger partial charge in [-0.1, -0.05) is 31.4 Å². The predicted octanol–water partition coefficient (Wildman–Crippen LogP) is 4.11. The largest absolute Gasteiger partial charge is 0.497 e. The minimum absolute atomic E-state index is 0.707. The van der Waals surface area contributed by atoms with Crippen molar-refractivity contribution in [1.29, 1.82) is 0 Å². The van der Waals surface area contributed by atoms with Crippen LogP contribution in [-0.2, 0) is 0 Å². The summed E-state index contributed by atoms with van der Waals surface area (Å²) in [6.45, 7) is 1.20. The molecule has 0 aromatic heterocycles. The zero-order chi connectivity index (χ0) is 13.8. The lowest BCUT2D eigenvalue weighted by Gasteiger charge is -2.26. The van der Waals surface area contributed by atoms with E-state index < -0.39 is 0 Å². The molecular formula is C18H27NO. The second-order valence-electron chi connectivity index (χ2n) is 6.46. The second kappa shape index (κ2) is 6.62. The van der Waals surface area contributed by atoms with Crippen molar-refractivity contribution in [2.45, 2.75) is 56.9 Å². The number of ether oxygens (including phenoxy) is 1. The maximum absolute atomic E-state index is 5.40. The zero-order valence-electron chi connectivity index (χ0n) is 12.6. The van der Waals surface area contributed by atoms with Crippen LogP contribution in [0.25, 0.3) is 0 Å². The monoisotopic (exact) mass is 273 g/mol. The molecule has 1 aromatic carbocycles. The maximum Gasteiger partial charge on any atom is 0.119 e. The lowest BCUT2D eigenvalue weighted by atomic mass is 9.82. The average molecular weight is 273 g/mol. The van der Waals surface area contributed by atoms with Crippen molar-refractivity contribution >= 4 is 0 Å². The fourth-order valence-corrected chi connectivity index (χ4v) is 3.55. The fourth-order valence-electron chi connectivity index (χ4n) is 3.55. The minimum Gasteiger partial charge on any atom is -0.497 e. The Kier molecular flexibility index (Phi) is 4.62. The van der Waals surface area contributed by atoms with Crippen molar-refractivity contribution in [3.63, 3.8) is 0 Å². The SMILES string of the molecule is COc1cccc(C2CCCCCC2CNC2CC2)c1. The molecule has 0 heterocycles. The summed E-state index contributed by atoms with van der Waals surface area (Å²) >= 11 is 0. The van der Waals surface area contributed by atoms with Crippen LogP contribution >= 0.6 is 0 Å². The van der Waals surface area contributed by atoms with Gasteiger partial charge in [0.15, 0.2) is 0 Å². The molecule has 0 bridgehead atoms. The molecule has 0 radical (unpaired) electrons. The van der Waals surface area contributed by atoms with Gasteiger partial charge in [0.25, 0.3) is 0 Å². The Morgan fingerprint density at radius 2 is 1.95 bits per heavy atom. The van der Waals surface area contributed by atoms with Gasteiger partial charge in [0, 0.05) is 6.04 Å². The summed E-state index contributed by atoms with van der Waals surface area (Å²) < 4.78 is 5.40.